The first-order valence-electron chi connectivity index (χ1n) is 5.30. The van der Waals surface area contributed by atoms with E-state index in [1.54, 1.807) is 12.3 Å². The van der Waals surface area contributed by atoms with E-state index in [2.05, 4.69) is 4.98 Å². The van der Waals surface area contributed by atoms with Gasteiger partial charge in [-0.05, 0) is 18.9 Å². The van der Waals surface area contributed by atoms with Gasteiger partial charge in [-0.25, -0.2) is 4.98 Å². The van der Waals surface area contributed by atoms with Crippen LogP contribution in [0.4, 0.5) is 11.5 Å². The SMILES string of the molecule is N#Cc1ccnc(N(CCO)C2CC2)c1N. The van der Waals surface area contributed by atoms with Crippen molar-refractivity contribution in [2.24, 2.45) is 0 Å². The van der Waals surface area contributed by atoms with Crippen LogP contribution in [0.5, 0.6) is 0 Å². The molecule has 1 aliphatic rings. The molecule has 2 rings (SSSR count). The summed E-state index contributed by atoms with van der Waals surface area (Å²) < 4.78 is 0. The molecule has 1 saturated carbocycles. The maximum Gasteiger partial charge on any atom is 0.153 e. The Balaban J connectivity index is 2.33. The molecule has 0 aromatic carbocycles. The van der Waals surface area contributed by atoms with Gasteiger partial charge in [0.1, 0.15) is 6.07 Å². The fourth-order valence-electron chi connectivity index (χ4n) is 1.74. The van der Waals surface area contributed by atoms with Crippen molar-refractivity contribution < 1.29 is 5.11 Å². The van der Waals surface area contributed by atoms with Gasteiger partial charge >= 0.3 is 0 Å². The molecule has 0 atom stereocenters. The average molecular weight is 218 g/mol. The van der Waals surface area contributed by atoms with E-state index in [1.807, 2.05) is 11.0 Å². The van der Waals surface area contributed by atoms with E-state index < -0.39 is 0 Å². The first kappa shape index (κ1) is 10.7. The molecule has 0 aliphatic heterocycles. The van der Waals surface area contributed by atoms with Crippen LogP contribution in [0.15, 0.2) is 12.3 Å². The molecule has 1 fully saturated rings. The van der Waals surface area contributed by atoms with Crippen LogP contribution >= 0.6 is 0 Å². The van der Waals surface area contributed by atoms with Crippen molar-refractivity contribution >= 4 is 11.5 Å². The minimum Gasteiger partial charge on any atom is -0.395 e. The number of hydrogen-bond acceptors (Lipinski definition) is 5. The number of aliphatic hydroxyl groups is 1. The number of rotatable bonds is 4. The lowest BCUT2D eigenvalue weighted by molar-refractivity contribution is 0.301. The van der Waals surface area contributed by atoms with Crippen molar-refractivity contribution in [1.82, 2.24) is 4.98 Å². The van der Waals surface area contributed by atoms with Crippen LogP contribution in [0.25, 0.3) is 0 Å². The number of aliphatic hydroxyl groups excluding tert-OH is 1. The summed E-state index contributed by atoms with van der Waals surface area (Å²) in [7, 11) is 0. The molecule has 3 N–H and O–H groups in total. The van der Waals surface area contributed by atoms with E-state index in [4.69, 9.17) is 16.1 Å². The van der Waals surface area contributed by atoms with Crippen LogP contribution in [0.2, 0.25) is 0 Å². The number of pyridine rings is 1. The zero-order chi connectivity index (χ0) is 11.5. The molecule has 0 bridgehead atoms. The molecule has 1 aliphatic carbocycles. The molecule has 1 aromatic heterocycles. The van der Waals surface area contributed by atoms with Gasteiger partial charge in [0.05, 0.1) is 17.9 Å². The Labute approximate surface area is 94.1 Å². The van der Waals surface area contributed by atoms with Crippen molar-refractivity contribution in [3.05, 3.63) is 17.8 Å². The first-order chi connectivity index (χ1) is 7.77. The van der Waals surface area contributed by atoms with E-state index in [-0.39, 0.29) is 6.61 Å². The second-order valence-corrected chi connectivity index (χ2v) is 3.86. The van der Waals surface area contributed by atoms with Crippen LogP contribution < -0.4 is 10.6 Å². The second-order valence-electron chi connectivity index (χ2n) is 3.86. The summed E-state index contributed by atoms with van der Waals surface area (Å²) >= 11 is 0. The van der Waals surface area contributed by atoms with E-state index >= 15 is 0 Å². The molecule has 16 heavy (non-hydrogen) atoms. The van der Waals surface area contributed by atoms with Gasteiger partial charge in [0, 0.05) is 18.8 Å². The Morgan fingerprint density at radius 2 is 2.38 bits per heavy atom. The summed E-state index contributed by atoms with van der Waals surface area (Å²) in [6.45, 7) is 0.575. The Morgan fingerprint density at radius 3 is 2.94 bits per heavy atom. The average Bonchev–Trinajstić information content (AvgIpc) is 3.11. The minimum absolute atomic E-state index is 0.0639. The monoisotopic (exact) mass is 218 g/mol. The highest BCUT2D eigenvalue weighted by Gasteiger charge is 2.31. The molecule has 0 unspecified atom stereocenters. The molecular formula is C11H14N4O. The molecule has 0 radical (unpaired) electrons. The molecule has 0 spiro atoms. The van der Waals surface area contributed by atoms with E-state index in [0.717, 1.165) is 12.8 Å². The van der Waals surface area contributed by atoms with Crippen molar-refractivity contribution in [3.8, 4) is 6.07 Å². The van der Waals surface area contributed by atoms with Gasteiger partial charge in [-0.2, -0.15) is 5.26 Å². The van der Waals surface area contributed by atoms with Crippen molar-refractivity contribution in [2.45, 2.75) is 18.9 Å². The highest BCUT2D eigenvalue weighted by atomic mass is 16.3. The summed E-state index contributed by atoms with van der Waals surface area (Å²) in [4.78, 5) is 6.19. The number of nitrogens with two attached hydrogens (primary N) is 1. The summed E-state index contributed by atoms with van der Waals surface area (Å²) in [5, 5.41) is 17.9. The fraction of sp³-hybridized carbons (Fsp3) is 0.455. The highest BCUT2D eigenvalue weighted by Crippen LogP contribution is 2.33. The molecule has 0 saturated heterocycles. The second kappa shape index (κ2) is 4.37. The number of anilines is 2. The van der Waals surface area contributed by atoms with Crippen LogP contribution in [-0.2, 0) is 0 Å². The van der Waals surface area contributed by atoms with Crippen LogP contribution in [-0.4, -0.2) is 29.3 Å². The topological polar surface area (TPSA) is 86.2 Å². The van der Waals surface area contributed by atoms with Crippen molar-refractivity contribution in [2.75, 3.05) is 23.8 Å². The zero-order valence-corrected chi connectivity index (χ0v) is 8.93. The summed E-state index contributed by atoms with van der Waals surface area (Å²) in [5.74, 6) is 0.621. The molecule has 0 amide bonds. The number of nitriles is 1. The Morgan fingerprint density at radius 1 is 1.62 bits per heavy atom. The molecular weight excluding hydrogens is 204 g/mol. The Hall–Kier alpha value is -1.80. The number of aromatic nitrogens is 1. The van der Waals surface area contributed by atoms with Gasteiger partial charge in [-0.1, -0.05) is 0 Å². The maximum atomic E-state index is 9.02. The number of nitrogen functional groups attached to an aromatic ring is 1. The Bertz CT molecular complexity index is 422. The quantitative estimate of drug-likeness (QED) is 0.768. The van der Waals surface area contributed by atoms with E-state index in [1.165, 1.54) is 0 Å². The van der Waals surface area contributed by atoms with E-state index in [0.29, 0.717) is 29.7 Å². The smallest absolute Gasteiger partial charge is 0.153 e. The van der Waals surface area contributed by atoms with Crippen molar-refractivity contribution in [3.63, 3.8) is 0 Å². The maximum absolute atomic E-state index is 9.02. The molecule has 84 valence electrons. The molecule has 1 heterocycles. The third kappa shape index (κ3) is 1.92. The summed E-state index contributed by atoms with van der Waals surface area (Å²) in [6, 6.07) is 4.05. The highest BCUT2D eigenvalue weighted by molar-refractivity contribution is 5.70. The summed E-state index contributed by atoms with van der Waals surface area (Å²) in [6.07, 6.45) is 3.77. The molecule has 1 aromatic rings. The standard InChI is InChI=1S/C11H14N4O/c12-7-8-3-4-14-11(10(8)13)15(5-6-16)9-1-2-9/h3-4,9,16H,1-2,5-6,13H2. The third-order valence-electron chi connectivity index (χ3n) is 2.69. The lowest BCUT2D eigenvalue weighted by atomic mass is 10.2. The van der Waals surface area contributed by atoms with Gasteiger partial charge in [-0.3, -0.25) is 0 Å². The zero-order valence-electron chi connectivity index (χ0n) is 8.93. The van der Waals surface area contributed by atoms with Gasteiger partial charge in [0.15, 0.2) is 5.82 Å². The van der Waals surface area contributed by atoms with Gasteiger partial charge in [-0.15, -0.1) is 0 Å². The fourth-order valence-corrected chi connectivity index (χ4v) is 1.74. The lowest BCUT2D eigenvalue weighted by Crippen LogP contribution is -2.30. The van der Waals surface area contributed by atoms with Crippen LogP contribution in [0, 0.1) is 11.3 Å². The van der Waals surface area contributed by atoms with Crippen LogP contribution in [0.1, 0.15) is 18.4 Å². The normalized spacial score (nSPS) is 14.5. The first-order valence-corrected chi connectivity index (χ1v) is 5.30. The lowest BCUT2D eigenvalue weighted by Gasteiger charge is -2.23. The van der Waals surface area contributed by atoms with Gasteiger partial charge in [0.2, 0.25) is 0 Å². The van der Waals surface area contributed by atoms with Gasteiger partial charge < -0.3 is 15.7 Å². The van der Waals surface area contributed by atoms with Crippen molar-refractivity contribution in [1.29, 1.82) is 5.26 Å². The predicted octanol–water partition coefficient (Wildman–Crippen LogP) is 0.497. The summed E-state index contributed by atoms with van der Waals surface area (Å²) in [5.41, 5.74) is 6.73. The Kier molecular flexibility index (Phi) is 2.93. The predicted molar refractivity (Wildman–Crippen MR) is 60.8 cm³/mol. The number of hydrogen-bond donors (Lipinski definition) is 2. The van der Waals surface area contributed by atoms with Crippen LogP contribution in [0.3, 0.4) is 0 Å². The van der Waals surface area contributed by atoms with E-state index in [9.17, 15) is 0 Å². The van der Waals surface area contributed by atoms with Gasteiger partial charge in [0.25, 0.3) is 0 Å². The number of nitrogens with zero attached hydrogens (tertiary/aromatic N) is 3. The third-order valence-corrected chi connectivity index (χ3v) is 2.69. The molecule has 5 heteroatoms. The minimum atomic E-state index is 0.0639. The molecule has 5 nitrogen and oxygen atoms in total. The largest absolute Gasteiger partial charge is 0.395 e.